The Balaban J connectivity index is 1.76. The van der Waals surface area contributed by atoms with Crippen LogP contribution in [-0.2, 0) is 4.79 Å². The number of aliphatic imine (C=N–C) groups is 2. The van der Waals surface area contributed by atoms with E-state index < -0.39 is 0 Å². The summed E-state index contributed by atoms with van der Waals surface area (Å²) < 4.78 is 0. The predicted molar refractivity (Wildman–Crippen MR) is 78.8 cm³/mol. The van der Waals surface area contributed by atoms with Crippen LogP contribution in [0.5, 0.6) is 0 Å². The average Bonchev–Trinajstić information content (AvgIpc) is 2.92. The van der Waals surface area contributed by atoms with E-state index in [9.17, 15) is 4.79 Å². The topological polar surface area (TPSA) is 53.8 Å². The minimum absolute atomic E-state index is 0.216. The van der Waals surface area contributed by atoms with Crippen molar-refractivity contribution in [3.8, 4) is 0 Å². The van der Waals surface area contributed by atoms with Crippen LogP contribution in [-0.4, -0.2) is 17.8 Å². The van der Waals surface area contributed by atoms with E-state index in [0.717, 1.165) is 11.3 Å². The van der Waals surface area contributed by atoms with Crippen molar-refractivity contribution in [2.75, 3.05) is 0 Å². The number of fused-ring (bicyclic) bond motifs is 2. The van der Waals surface area contributed by atoms with Crippen LogP contribution in [0.2, 0.25) is 0 Å². The lowest BCUT2D eigenvalue weighted by Gasteiger charge is -2.11. The first-order valence-corrected chi connectivity index (χ1v) is 6.43. The summed E-state index contributed by atoms with van der Waals surface area (Å²) in [6.07, 6.45) is 3.07. The van der Waals surface area contributed by atoms with Gasteiger partial charge in [0.2, 0.25) is 0 Å². The minimum Gasteiger partial charge on any atom is -0.358 e. The van der Waals surface area contributed by atoms with E-state index in [-0.39, 0.29) is 12.1 Å². The molecule has 2 aliphatic rings. The summed E-state index contributed by atoms with van der Waals surface area (Å²) in [7, 11) is 0. The molecule has 0 fully saturated rings. The predicted octanol–water partition coefficient (Wildman–Crippen LogP) is 2.38. The van der Waals surface area contributed by atoms with Gasteiger partial charge in [-0.1, -0.05) is 36.4 Å². The molecule has 0 aromatic heterocycles. The quantitative estimate of drug-likeness (QED) is 0.856. The molecule has 2 aromatic rings. The lowest BCUT2D eigenvalue weighted by atomic mass is 10.1. The third-order valence-electron chi connectivity index (χ3n) is 3.53. The second kappa shape index (κ2) is 4.13. The number of allylic oxidation sites excluding steroid dienone is 1. The maximum absolute atomic E-state index is 11.7. The highest BCUT2D eigenvalue weighted by Crippen LogP contribution is 2.26. The van der Waals surface area contributed by atoms with Crippen molar-refractivity contribution in [1.82, 2.24) is 5.32 Å². The van der Waals surface area contributed by atoms with E-state index in [2.05, 4.69) is 39.6 Å². The number of rotatable bonds is 1. The van der Waals surface area contributed by atoms with E-state index in [1.165, 1.54) is 17.0 Å². The number of nitrogens with one attached hydrogen (secondary N) is 1. The zero-order valence-corrected chi connectivity index (χ0v) is 10.6. The van der Waals surface area contributed by atoms with Crippen LogP contribution >= 0.6 is 0 Å². The van der Waals surface area contributed by atoms with Crippen molar-refractivity contribution in [3.05, 3.63) is 59.8 Å². The molecular formula is C16H11N3O. The normalized spacial score (nSPS) is 20.4. The molecule has 0 bridgehead atoms. The molecule has 0 spiro atoms. The third-order valence-corrected chi connectivity index (χ3v) is 3.53. The van der Waals surface area contributed by atoms with Crippen LogP contribution in [0.1, 0.15) is 11.7 Å². The lowest BCUT2D eigenvalue weighted by molar-refractivity contribution is -0.111. The molecule has 4 heteroatoms. The second-order valence-corrected chi connectivity index (χ2v) is 4.79. The number of hydrogen-bond donors (Lipinski definition) is 1. The standard InChI is InChI=1S/C16H11N3O/c20-16-14-13(7-8-17-16)18-15(19-14)12-6-5-10-3-1-2-4-11(10)9-12/h1-9,15,18H. The third kappa shape index (κ3) is 1.66. The van der Waals surface area contributed by atoms with Crippen LogP contribution in [0.4, 0.5) is 0 Å². The van der Waals surface area contributed by atoms with Gasteiger partial charge in [0.05, 0.1) is 5.70 Å². The minimum atomic E-state index is -0.279. The maximum atomic E-state index is 11.7. The SMILES string of the molecule is O=C1N=CC=C2NC(c3ccc4ccccc4c3)N=C12. The number of dihydropyridines is 1. The van der Waals surface area contributed by atoms with Crippen LogP contribution < -0.4 is 5.32 Å². The summed E-state index contributed by atoms with van der Waals surface area (Å²) in [5.41, 5.74) is 2.22. The summed E-state index contributed by atoms with van der Waals surface area (Å²) in [4.78, 5) is 19.8. The second-order valence-electron chi connectivity index (χ2n) is 4.79. The van der Waals surface area contributed by atoms with E-state index >= 15 is 0 Å². The van der Waals surface area contributed by atoms with E-state index in [0.29, 0.717) is 5.71 Å². The van der Waals surface area contributed by atoms with Gasteiger partial charge in [0.15, 0.2) is 5.71 Å². The first-order chi connectivity index (χ1) is 9.81. The van der Waals surface area contributed by atoms with Gasteiger partial charge < -0.3 is 5.32 Å². The van der Waals surface area contributed by atoms with Crippen molar-refractivity contribution in [3.63, 3.8) is 0 Å². The molecule has 1 atom stereocenters. The van der Waals surface area contributed by atoms with Crippen molar-refractivity contribution < 1.29 is 4.79 Å². The van der Waals surface area contributed by atoms with E-state index in [1.807, 2.05) is 18.2 Å². The molecule has 1 amide bonds. The number of hydrogen-bond acceptors (Lipinski definition) is 3. The fraction of sp³-hybridized carbons (Fsp3) is 0.0625. The highest BCUT2D eigenvalue weighted by atomic mass is 16.1. The molecule has 2 aliphatic heterocycles. The molecule has 96 valence electrons. The average molecular weight is 261 g/mol. The molecule has 1 N–H and O–H groups in total. The molecule has 0 radical (unpaired) electrons. The Bertz CT molecular complexity index is 817. The van der Waals surface area contributed by atoms with E-state index in [1.54, 1.807) is 6.08 Å². The van der Waals surface area contributed by atoms with Crippen molar-refractivity contribution in [2.24, 2.45) is 9.98 Å². The molecule has 0 saturated heterocycles. The summed E-state index contributed by atoms with van der Waals surface area (Å²) in [5.74, 6) is -0.279. The number of benzene rings is 2. The lowest BCUT2D eigenvalue weighted by Crippen LogP contribution is -2.21. The van der Waals surface area contributed by atoms with Gasteiger partial charge >= 0.3 is 0 Å². The molecule has 20 heavy (non-hydrogen) atoms. The zero-order chi connectivity index (χ0) is 13.5. The highest BCUT2D eigenvalue weighted by molar-refractivity contribution is 6.48. The van der Waals surface area contributed by atoms with Gasteiger partial charge in [-0.2, -0.15) is 0 Å². The molecule has 1 unspecified atom stereocenters. The molecule has 4 rings (SSSR count). The van der Waals surface area contributed by atoms with Crippen molar-refractivity contribution in [2.45, 2.75) is 6.17 Å². The molecule has 2 heterocycles. The van der Waals surface area contributed by atoms with Gasteiger partial charge in [-0.15, -0.1) is 0 Å². The Labute approximate surface area is 115 Å². The zero-order valence-electron chi connectivity index (χ0n) is 10.6. The molecule has 4 nitrogen and oxygen atoms in total. The first kappa shape index (κ1) is 11.1. The molecule has 0 aliphatic carbocycles. The number of carbonyl (C=O) groups excluding carboxylic acids is 1. The summed E-state index contributed by atoms with van der Waals surface area (Å²) in [6.45, 7) is 0. The van der Waals surface area contributed by atoms with Crippen molar-refractivity contribution in [1.29, 1.82) is 0 Å². The van der Waals surface area contributed by atoms with Gasteiger partial charge in [-0.3, -0.25) is 4.79 Å². The Morgan fingerprint density at radius 2 is 1.90 bits per heavy atom. The highest BCUT2D eigenvalue weighted by Gasteiger charge is 2.28. The fourth-order valence-electron chi connectivity index (χ4n) is 2.52. The van der Waals surface area contributed by atoms with Crippen LogP contribution in [0.15, 0.2) is 64.2 Å². The number of amides is 1. The summed E-state index contributed by atoms with van der Waals surface area (Å²) in [5, 5.41) is 5.61. The monoisotopic (exact) mass is 261 g/mol. The van der Waals surface area contributed by atoms with Gasteiger partial charge in [-0.05, 0) is 28.5 Å². The Morgan fingerprint density at radius 1 is 1.05 bits per heavy atom. The van der Waals surface area contributed by atoms with Gasteiger partial charge in [0, 0.05) is 6.21 Å². The smallest absolute Gasteiger partial charge is 0.297 e. The first-order valence-electron chi connectivity index (χ1n) is 6.43. The number of nitrogens with zero attached hydrogens (tertiary/aromatic N) is 2. The molecule has 0 saturated carbocycles. The largest absolute Gasteiger partial charge is 0.358 e. The van der Waals surface area contributed by atoms with Gasteiger partial charge in [0.25, 0.3) is 5.91 Å². The van der Waals surface area contributed by atoms with Crippen LogP contribution in [0.3, 0.4) is 0 Å². The van der Waals surface area contributed by atoms with Crippen molar-refractivity contribution >= 4 is 28.6 Å². The Morgan fingerprint density at radius 3 is 2.75 bits per heavy atom. The maximum Gasteiger partial charge on any atom is 0.297 e. The molecular weight excluding hydrogens is 250 g/mol. The van der Waals surface area contributed by atoms with Gasteiger partial charge in [-0.25, -0.2) is 9.98 Å². The number of carbonyl (C=O) groups is 1. The van der Waals surface area contributed by atoms with Crippen LogP contribution in [0.25, 0.3) is 10.8 Å². The summed E-state index contributed by atoms with van der Waals surface area (Å²) in [6, 6.07) is 14.4. The van der Waals surface area contributed by atoms with Crippen LogP contribution in [0, 0.1) is 0 Å². The fourth-order valence-corrected chi connectivity index (χ4v) is 2.52. The summed E-state index contributed by atoms with van der Waals surface area (Å²) >= 11 is 0. The van der Waals surface area contributed by atoms with Gasteiger partial charge in [0.1, 0.15) is 6.17 Å². The Hall–Kier alpha value is -2.75. The van der Waals surface area contributed by atoms with E-state index in [4.69, 9.17) is 0 Å². The Kier molecular flexibility index (Phi) is 2.29. The molecule has 2 aromatic carbocycles.